The summed E-state index contributed by atoms with van der Waals surface area (Å²) in [6.07, 6.45) is 2.14. The number of esters is 2. The summed E-state index contributed by atoms with van der Waals surface area (Å²) in [7, 11) is 13.0. The number of hydrogen-bond acceptors (Lipinski definition) is 12. The van der Waals surface area contributed by atoms with E-state index >= 15 is 0 Å². The third-order valence-corrected chi connectivity index (χ3v) is 9.45. The number of benzene rings is 2. The molecule has 0 saturated heterocycles. The predicted octanol–water partition coefficient (Wildman–Crippen LogP) is -1.35. The first-order chi connectivity index (χ1) is 30.6. The quantitative estimate of drug-likeness (QED) is 0.0278. The van der Waals surface area contributed by atoms with Crippen molar-refractivity contribution in [3.05, 3.63) is 58.9 Å². The number of hydrogen-bond donors (Lipinski definition) is 3. The molecular formula is C48H73Br2N6NaO12. The van der Waals surface area contributed by atoms with E-state index in [2.05, 4.69) is 63.2 Å². The number of carboxylic acids is 1. The summed E-state index contributed by atoms with van der Waals surface area (Å²) in [4.78, 5) is 83.5. The van der Waals surface area contributed by atoms with Gasteiger partial charge in [0.25, 0.3) is 23.4 Å². The number of ether oxygens (including phenoxy) is 4. The standard InChI is InChI=1S/C23H33N3O5.C17H20N2O5.C6H15BrN.C2H4O2.BrH.Na.H/c1-15-19(21(28)22(24)29)20-16(25(15)12-9-13-26(5,6)7)10-8-11-17(20)30-14-18(27)31-23(2,3)4;1-9-13(15(21)16(18)22)14-10(19-9)6-5-7-11(14)23-8-12(20)24-17(2,3)4;1-8(2,3)6-4-5-7;1-2(3)4;;;/h8,10-11H,9,12-14H2,1-7H3,(H-,24,29);5-7,19H,8H2,1-4H3,(H2,18,22);4-6H2,1-3H3;1H3,(H,3,4);1H;;/q;;+1;;;+1;-1/p-1. The van der Waals surface area contributed by atoms with Gasteiger partial charge in [-0.1, -0.05) is 28.1 Å². The van der Waals surface area contributed by atoms with E-state index in [4.69, 9.17) is 40.3 Å². The van der Waals surface area contributed by atoms with E-state index in [1.54, 1.807) is 85.7 Å². The van der Waals surface area contributed by atoms with E-state index in [9.17, 15) is 28.8 Å². The number of amides is 2. The SMILES string of the molecule is CC(=O)[O-].C[N+](C)(C)CCCBr.Cc1[nH]c2cccc(OCC(=O)OC(C)(C)C)c2c1C(=O)C(N)=O.Cc1c(C(=O)C(N)=O)c2c(OCC(=O)OC(C)(C)C)cccc2n1CCC[N+](C)(C)C.[Br-].[H-].[Na+]. The van der Waals surface area contributed by atoms with Crippen molar-refractivity contribution in [3.63, 3.8) is 0 Å². The number of rotatable bonds is 17. The van der Waals surface area contributed by atoms with Crippen LogP contribution in [-0.2, 0) is 40.0 Å². The number of quaternary nitrogens is 2. The first kappa shape index (κ1) is 66.8. The Morgan fingerprint density at radius 2 is 1.12 bits per heavy atom. The summed E-state index contributed by atoms with van der Waals surface area (Å²) in [5, 5.41) is 10.9. The fourth-order valence-electron chi connectivity index (χ4n) is 6.43. The Hall–Kier alpha value is -4.31. The van der Waals surface area contributed by atoms with Gasteiger partial charge in [0.05, 0.1) is 88.3 Å². The maximum Gasteiger partial charge on any atom is 1.00 e. The summed E-state index contributed by atoms with van der Waals surface area (Å²) in [5.74, 6) is -5.18. The van der Waals surface area contributed by atoms with Gasteiger partial charge in [0, 0.05) is 42.1 Å². The average Bonchev–Trinajstić information content (AvgIpc) is 3.65. The summed E-state index contributed by atoms with van der Waals surface area (Å²) in [5.41, 5.74) is 12.1. The van der Waals surface area contributed by atoms with Crippen molar-refractivity contribution in [2.75, 3.05) is 73.9 Å². The second-order valence-corrected chi connectivity index (χ2v) is 20.4. The number of aryl methyl sites for hydroxylation is 2. The third kappa shape index (κ3) is 24.4. The molecule has 382 valence electrons. The molecule has 0 spiro atoms. The zero-order valence-corrected chi connectivity index (χ0v) is 48.4. The van der Waals surface area contributed by atoms with E-state index < -0.39 is 52.5 Å². The van der Waals surface area contributed by atoms with Gasteiger partial charge in [-0.15, -0.1) is 0 Å². The van der Waals surface area contributed by atoms with E-state index in [-0.39, 0.29) is 72.3 Å². The maximum absolute atomic E-state index is 12.7. The smallest absolute Gasteiger partial charge is 1.00 e. The van der Waals surface area contributed by atoms with Crippen molar-refractivity contribution in [1.29, 1.82) is 0 Å². The molecule has 0 unspecified atom stereocenters. The molecule has 69 heavy (non-hydrogen) atoms. The minimum absolute atomic E-state index is 0. The maximum atomic E-state index is 12.7. The van der Waals surface area contributed by atoms with Crippen LogP contribution < -0.4 is 72.6 Å². The van der Waals surface area contributed by atoms with Crippen LogP contribution in [0.2, 0.25) is 0 Å². The van der Waals surface area contributed by atoms with Crippen LogP contribution in [0.15, 0.2) is 36.4 Å². The van der Waals surface area contributed by atoms with Crippen LogP contribution >= 0.6 is 15.9 Å². The molecule has 4 aromatic rings. The number of nitrogens with one attached hydrogen (secondary N) is 1. The van der Waals surface area contributed by atoms with Gasteiger partial charge < -0.3 is 77.2 Å². The van der Waals surface area contributed by atoms with Crippen LogP contribution in [0.5, 0.6) is 11.5 Å². The number of carbonyl (C=O) groups excluding carboxylic acids is 7. The third-order valence-electron chi connectivity index (χ3n) is 8.89. The molecule has 5 N–H and O–H groups in total. The molecule has 2 aromatic carbocycles. The molecule has 0 bridgehead atoms. The van der Waals surface area contributed by atoms with Crippen LogP contribution in [0.1, 0.15) is 94.8 Å². The second-order valence-electron chi connectivity index (χ2n) is 19.6. The Morgan fingerprint density at radius 3 is 1.51 bits per heavy atom. The van der Waals surface area contributed by atoms with Gasteiger partial charge >= 0.3 is 41.5 Å². The van der Waals surface area contributed by atoms with Crippen molar-refractivity contribution in [1.82, 2.24) is 9.55 Å². The molecule has 2 aromatic heterocycles. The molecule has 2 amide bonds. The molecule has 0 aliphatic rings. The van der Waals surface area contributed by atoms with Crippen molar-refractivity contribution in [2.45, 2.75) is 92.9 Å². The number of nitrogens with zero attached hydrogens (tertiary/aromatic N) is 3. The molecule has 0 fully saturated rings. The molecule has 0 radical (unpaired) electrons. The number of fused-ring (bicyclic) bond motifs is 2. The molecule has 0 aliphatic carbocycles. The predicted molar refractivity (Wildman–Crippen MR) is 260 cm³/mol. The Kier molecular flexibility index (Phi) is 28.2. The minimum atomic E-state index is -1.08. The average molecular weight is 1110 g/mol. The molecule has 2 heterocycles. The number of carbonyl (C=O) groups is 7. The minimum Gasteiger partial charge on any atom is -1.00 e. The summed E-state index contributed by atoms with van der Waals surface area (Å²) < 4.78 is 25.6. The van der Waals surface area contributed by atoms with Gasteiger partial charge in [-0.3, -0.25) is 19.2 Å². The van der Waals surface area contributed by atoms with E-state index in [1.165, 1.54) is 13.0 Å². The monoisotopic (exact) mass is 1110 g/mol. The van der Waals surface area contributed by atoms with Crippen molar-refractivity contribution < 1.29 is 115 Å². The van der Waals surface area contributed by atoms with Gasteiger partial charge in [-0.25, -0.2) is 9.59 Å². The van der Waals surface area contributed by atoms with Gasteiger partial charge in [0.2, 0.25) is 0 Å². The molecule has 21 heteroatoms. The van der Waals surface area contributed by atoms with Crippen LogP contribution in [0, 0.1) is 13.8 Å². The Morgan fingerprint density at radius 1 is 0.710 bits per heavy atom. The van der Waals surface area contributed by atoms with Crippen LogP contribution in [0.3, 0.4) is 0 Å². The molecule has 0 aliphatic heterocycles. The summed E-state index contributed by atoms with van der Waals surface area (Å²) in [6.45, 7) is 17.2. The number of H-pyrrole nitrogens is 1. The number of ketones is 2. The van der Waals surface area contributed by atoms with E-state index in [0.29, 0.717) is 45.7 Å². The number of carboxylic acid groups (broad SMARTS) is 1. The molecule has 18 nitrogen and oxygen atoms in total. The summed E-state index contributed by atoms with van der Waals surface area (Å²) in [6, 6.07) is 10.4. The zero-order chi connectivity index (χ0) is 51.8. The van der Waals surface area contributed by atoms with Gasteiger partial charge in [-0.05, 0) is 86.6 Å². The van der Waals surface area contributed by atoms with Gasteiger partial charge in [0.15, 0.2) is 13.2 Å². The topological polar surface area (TPSA) is 252 Å². The summed E-state index contributed by atoms with van der Waals surface area (Å²) >= 11 is 3.39. The normalized spacial score (nSPS) is 11.1. The Bertz CT molecular complexity index is 2390. The van der Waals surface area contributed by atoms with E-state index in [0.717, 1.165) is 39.7 Å². The fourth-order valence-corrected chi connectivity index (χ4v) is 6.68. The molecule has 0 atom stereocenters. The number of alkyl halides is 1. The number of halogens is 2. The number of nitrogens with two attached hydrogens (primary N) is 2. The van der Waals surface area contributed by atoms with Crippen molar-refractivity contribution in [3.8, 4) is 11.5 Å². The van der Waals surface area contributed by atoms with Crippen LogP contribution in [0.25, 0.3) is 21.8 Å². The number of primary amides is 2. The molecule has 4 rings (SSSR count). The number of aromatic amines is 1. The Balaban J connectivity index is -0.00000102. The van der Waals surface area contributed by atoms with Crippen molar-refractivity contribution in [2.24, 2.45) is 11.5 Å². The molecular weight excluding hydrogens is 1040 g/mol. The van der Waals surface area contributed by atoms with E-state index in [1.807, 2.05) is 10.6 Å². The number of aromatic nitrogens is 2. The largest absolute Gasteiger partial charge is 1.00 e. The number of aliphatic carboxylic acids is 1. The van der Waals surface area contributed by atoms with Gasteiger partial charge in [0.1, 0.15) is 22.7 Å². The van der Waals surface area contributed by atoms with Gasteiger partial charge in [-0.2, -0.15) is 0 Å². The van der Waals surface area contributed by atoms with Crippen LogP contribution in [0.4, 0.5) is 0 Å². The first-order valence-electron chi connectivity index (χ1n) is 21.6. The first-order valence-corrected chi connectivity index (χ1v) is 22.7. The second kappa shape index (κ2) is 29.1. The van der Waals surface area contributed by atoms with Crippen molar-refractivity contribution >= 4 is 79.0 Å². The van der Waals surface area contributed by atoms with Crippen LogP contribution in [-0.4, -0.2) is 145 Å². The Labute approximate surface area is 448 Å². The number of Topliss-reactive ketones (excluding diaryl/α,β-unsaturated/α-hetero) is 2. The fraction of sp³-hybridized carbons (Fsp3) is 0.521. The zero-order valence-electron chi connectivity index (χ0n) is 44.3. The molecule has 0 saturated carbocycles.